The summed E-state index contributed by atoms with van der Waals surface area (Å²) < 4.78 is 5.98. The number of hydrogen-bond acceptors (Lipinski definition) is 5. The number of allylic oxidation sites excluding steroid dienone is 3. The first-order valence-corrected chi connectivity index (χ1v) is 17.0. The van der Waals surface area contributed by atoms with Crippen LogP contribution in [0.2, 0.25) is 0 Å². The smallest absolute Gasteiger partial charge is 0.326 e. The summed E-state index contributed by atoms with van der Waals surface area (Å²) in [6.45, 7) is 9.15. The van der Waals surface area contributed by atoms with Crippen LogP contribution >= 0.6 is 0 Å². The molecule has 7 nitrogen and oxygen atoms in total. The van der Waals surface area contributed by atoms with Crippen LogP contribution in [0, 0.1) is 28.1 Å². The van der Waals surface area contributed by atoms with Crippen molar-refractivity contribution >= 4 is 23.4 Å². The van der Waals surface area contributed by atoms with Gasteiger partial charge in [-0.2, -0.15) is 0 Å². The number of esters is 1. The van der Waals surface area contributed by atoms with Crippen LogP contribution in [0.1, 0.15) is 96.6 Å². The average molecular weight is 625 g/mol. The van der Waals surface area contributed by atoms with Gasteiger partial charge in [0.2, 0.25) is 5.91 Å². The molecule has 2 saturated carbocycles. The van der Waals surface area contributed by atoms with Crippen molar-refractivity contribution < 1.29 is 24.2 Å². The molecule has 1 aromatic carbocycles. The summed E-state index contributed by atoms with van der Waals surface area (Å²) in [4.78, 5) is 43.6. The lowest BCUT2D eigenvalue weighted by Gasteiger charge is -2.64. The number of carboxylic acid groups (broad SMARTS) is 1. The van der Waals surface area contributed by atoms with Crippen LogP contribution in [0.4, 0.5) is 0 Å². The van der Waals surface area contributed by atoms with E-state index < -0.39 is 18.0 Å². The Balaban J connectivity index is 1.08. The van der Waals surface area contributed by atoms with Crippen molar-refractivity contribution in [3.8, 4) is 0 Å². The standard InChI is InChI=1S/C39H48N2O5/c1-26(36(44)45)41(25-27-9-6-5-7-10-27)34(42)16-17-35(43)46-30-18-19-38(3)29(23-30)12-13-33-32-15-14-31(28-11-8-22-40-24-28)37(32,2)20-21-39(33,38)4/h5-12,14,22,24,26,30,32-33H,13,15-21,23,25H2,1-4H3,(H,44,45)/t26-,30+,32?,33+,37-,38+,39+/m1/s1. The van der Waals surface area contributed by atoms with Crippen molar-refractivity contribution in [1.82, 2.24) is 9.88 Å². The molecule has 0 aliphatic heterocycles. The zero-order valence-electron chi connectivity index (χ0n) is 27.7. The van der Waals surface area contributed by atoms with Gasteiger partial charge in [0.25, 0.3) is 0 Å². The number of amides is 1. The fourth-order valence-corrected chi connectivity index (χ4v) is 9.56. The average Bonchev–Trinajstić information content (AvgIpc) is 3.40. The maximum Gasteiger partial charge on any atom is 0.326 e. The molecule has 1 aromatic heterocycles. The van der Waals surface area contributed by atoms with Gasteiger partial charge >= 0.3 is 11.9 Å². The van der Waals surface area contributed by atoms with E-state index in [0.717, 1.165) is 37.7 Å². The van der Waals surface area contributed by atoms with Crippen molar-refractivity contribution in [2.24, 2.45) is 28.1 Å². The zero-order valence-corrected chi connectivity index (χ0v) is 27.7. The van der Waals surface area contributed by atoms with Crippen LogP contribution in [0.15, 0.2) is 72.6 Å². The van der Waals surface area contributed by atoms with Gasteiger partial charge in [0.1, 0.15) is 12.1 Å². The highest BCUT2D eigenvalue weighted by molar-refractivity contribution is 5.85. The second-order valence-corrected chi connectivity index (χ2v) is 14.8. The lowest BCUT2D eigenvalue weighted by molar-refractivity contribution is -0.155. The second-order valence-electron chi connectivity index (χ2n) is 14.8. The molecule has 1 amide bonds. The molecule has 1 N–H and O–H groups in total. The maximum atomic E-state index is 13.1. The van der Waals surface area contributed by atoms with E-state index >= 15 is 0 Å². The first-order valence-electron chi connectivity index (χ1n) is 17.0. The van der Waals surface area contributed by atoms with E-state index in [2.05, 4.69) is 44.0 Å². The normalized spacial score (nSPS) is 32.1. The molecular formula is C39H48N2O5. The molecule has 4 aliphatic rings. The van der Waals surface area contributed by atoms with Gasteiger partial charge in [0, 0.05) is 31.8 Å². The SMILES string of the molecule is C[C@H](C(=O)O)N(Cc1ccccc1)C(=O)CCC(=O)O[C@H]1CC[C@@]2(C)C(=CC[C@H]3C4CC=C(c5cccnc5)[C@@]4(C)CC[C@@]32C)C1. The predicted molar refractivity (Wildman–Crippen MR) is 177 cm³/mol. The number of carboxylic acids is 1. The maximum absolute atomic E-state index is 13.1. The van der Waals surface area contributed by atoms with Gasteiger partial charge in [-0.25, -0.2) is 4.79 Å². The minimum atomic E-state index is -1.07. The monoisotopic (exact) mass is 624 g/mol. The minimum absolute atomic E-state index is 0.0599. The van der Waals surface area contributed by atoms with Crippen LogP contribution in [0.5, 0.6) is 0 Å². The number of carbonyl (C=O) groups excluding carboxylic acids is 2. The van der Waals surface area contributed by atoms with E-state index in [1.165, 1.54) is 41.4 Å². The van der Waals surface area contributed by atoms with Crippen molar-refractivity contribution in [3.63, 3.8) is 0 Å². The van der Waals surface area contributed by atoms with E-state index in [1.807, 2.05) is 48.8 Å². The Morgan fingerprint density at radius 2 is 1.74 bits per heavy atom. The lowest BCUT2D eigenvalue weighted by Crippen LogP contribution is -2.56. The van der Waals surface area contributed by atoms with E-state index in [-0.39, 0.29) is 47.6 Å². The molecular weight excluding hydrogens is 576 g/mol. The quantitative estimate of drug-likeness (QED) is 0.228. The van der Waals surface area contributed by atoms with Crippen LogP contribution in [0.3, 0.4) is 0 Å². The summed E-state index contributed by atoms with van der Waals surface area (Å²) in [6.07, 6.45) is 15.6. The highest BCUT2D eigenvalue weighted by Gasteiger charge is 2.62. The molecule has 2 fully saturated rings. The molecule has 0 spiro atoms. The van der Waals surface area contributed by atoms with Gasteiger partial charge in [-0.1, -0.05) is 74.9 Å². The van der Waals surface area contributed by atoms with Crippen LogP contribution in [0.25, 0.3) is 5.57 Å². The highest BCUT2D eigenvalue weighted by Crippen LogP contribution is 2.71. The molecule has 46 heavy (non-hydrogen) atoms. The second kappa shape index (κ2) is 12.5. The summed E-state index contributed by atoms with van der Waals surface area (Å²) in [6, 6.07) is 12.6. The van der Waals surface area contributed by atoms with Gasteiger partial charge < -0.3 is 14.7 Å². The molecule has 4 aliphatic carbocycles. The van der Waals surface area contributed by atoms with Crippen molar-refractivity contribution in [2.75, 3.05) is 0 Å². The zero-order chi connectivity index (χ0) is 32.7. The largest absolute Gasteiger partial charge is 0.480 e. The Morgan fingerprint density at radius 3 is 2.46 bits per heavy atom. The van der Waals surface area contributed by atoms with E-state index in [4.69, 9.17) is 4.74 Å². The molecule has 7 atom stereocenters. The topological polar surface area (TPSA) is 96.8 Å². The van der Waals surface area contributed by atoms with Crippen LogP contribution < -0.4 is 0 Å². The summed E-state index contributed by atoms with van der Waals surface area (Å²) in [5, 5.41) is 9.60. The number of fused-ring (bicyclic) bond motifs is 5. The molecule has 1 heterocycles. The Hall–Kier alpha value is -3.74. The predicted octanol–water partition coefficient (Wildman–Crippen LogP) is 7.62. The van der Waals surface area contributed by atoms with Gasteiger partial charge in [-0.3, -0.25) is 14.6 Å². The molecule has 0 bridgehead atoms. The third-order valence-corrected chi connectivity index (χ3v) is 12.6. The fourth-order valence-electron chi connectivity index (χ4n) is 9.56. The first kappa shape index (κ1) is 32.2. The number of ether oxygens (including phenoxy) is 1. The first-order chi connectivity index (χ1) is 22.0. The number of pyridine rings is 1. The van der Waals surface area contributed by atoms with Crippen LogP contribution in [-0.4, -0.2) is 45.0 Å². The molecule has 244 valence electrons. The Labute approximate surface area is 273 Å². The number of aliphatic carboxylic acids is 1. The Bertz CT molecular complexity index is 1540. The number of benzene rings is 1. The van der Waals surface area contributed by atoms with Gasteiger partial charge in [-0.05, 0) is 96.3 Å². The number of nitrogens with zero attached hydrogens (tertiary/aromatic N) is 2. The summed E-state index contributed by atoms with van der Waals surface area (Å²) in [7, 11) is 0. The number of carbonyl (C=O) groups is 3. The van der Waals surface area contributed by atoms with Gasteiger partial charge in [0.05, 0.1) is 6.42 Å². The molecule has 7 heteroatoms. The van der Waals surface area contributed by atoms with Crippen molar-refractivity contribution in [1.29, 1.82) is 0 Å². The Kier molecular flexibility index (Phi) is 8.73. The highest BCUT2D eigenvalue weighted by atomic mass is 16.5. The van der Waals surface area contributed by atoms with Gasteiger partial charge in [0.15, 0.2) is 0 Å². The third-order valence-electron chi connectivity index (χ3n) is 12.6. The number of aromatic nitrogens is 1. The number of hydrogen-bond donors (Lipinski definition) is 1. The molecule has 6 rings (SSSR count). The molecule has 0 saturated heterocycles. The van der Waals surface area contributed by atoms with E-state index in [0.29, 0.717) is 11.8 Å². The summed E-state index contributed by atoms with van der Waals surface area (Å²) in [5.74, 6) is -0.622. The lowest BCUT2D eigenvalue weighted by atomic mass is 9.40. The van der Waals surface area contributed by atoms with Crippen molar-refractivity contribution in [3.05, 3.63) is 83.7 Å². The van der Waals surface area contributed by atoms with E-state index in [1.54, 1.807) is 0 Å². The fraction of sp³-hybridized carbons (Fsp3) is 0.538. The van der Waals surface area contributed by atoms with Crippen molar-refractivity contribution in [2.45, 2.75) is 104 Å². The van der Waals surface area contributed by atoms with Gasteiger partial charge in [-0.15, -0.1) is 0 Å². The third kappa shape index (κ3) is 5.60. The molecule has 2 aromatic rings. The molecule has 0 radical (unpaired) electrons. The Morgan fingerprint density at radius 1 is 0.978 bits per heavy atom. The summed E-state index contributed by atoms with van der Waals surface area (Å²) >= 11 is 0. The summed E-state index contributed by atoms with van der Waals surface area (Å²) in [5.41, 5.74) is 5.42. The molecule has 1 unspecified atom stereocenters. The van der Waals surface area contributed by atoms with E-state index in [9.17, 15) is 19.5 Å². The minimum Gasteiger partial charge on any atom is -0.480 e. The number of rotatable bonds is 9. The van der Waals surface area contributed by atoms with Crippen LogP contribution in [-0.2, 0) is 25.7 Å².